The molecule has 7 heteroatoms. The Morgan fingerprint density at radius 3 is 3.06 bits per heavy atom. The number of thioether (sulfide) groups is 1. The molecule has 0 spiro atoms. The smallest absolute Gasteiger partial charge is 0.270 e. The second-order valence-corrected chi connectivity index (χ2v) is 4.25. The van der Waals surface area contributed by atoms with Gasteiger partial charge in [0.05, 0.1) is 11.1 Å². The maximum absolute atomic E-state index is 10.5. The summed E-state index contributed by atoms with van der Waals surface area (Å²) in [6.07, 6.45) is 1.43. The molecule has 0 saturated heterocycles. The van der Waals surface area contributed by atoms with Crippen molar-refractivity contribution in [2.24, 2.45) is 15.9 Å². The minimum absolute atomic E-state index is 0.0221. The van der Waals surface area contributed by atoms with E-state index in [0.717, 1.165) is 5.75 Å². The fraction of sp³-hybridized carbons (Fsp3) is 0.200. The highest BCUT2D eigenvalue weighted by atomic mass is 32.2. The van der Waals surface area contributed by atoms with Gasteiger partial charge in [-0.1, -0.05) is 30.8 Å². The Hall–Kier alpha value is -1.89. The van der Waals surface area contributed by atoms with Crippen LogP contribution in [0.1, 0.15) is 12.5 Å². The molecule has 0 unspecified atom stereocenters. The number of rotatable bonds is 4. The van der Waals surface area contributed by atoms with Gasteiger partial charge in [-0.3, -0.25) is 10.1 Å². The Morgan fingerprint density at radius 2 is 2.41 bits per heavy atom. The Bertz CT molecular complexity index is 459. The van der Waals surface area contributed by atoms with Crippen LogP contribution in [0.4, 0.5) is 5.69 Å². The number of nitro benzene ring substituents is 1. The van der Waals surface area contributed by atoms with Crippen molar-refractivity contribution in [3.63, 3.8) is 0 Å². The summed E-state index contributed by atoms with van der Waals surface area (Å²) in [4.78, 5) is 10.1. The minimum Gasteiger partial charge on any atom is -0.377 e. The predicted octanol–water partition coefficient (Wildman–Crippen LogP) is 2.00. The van der Waals surface area contributed by atoms with E-state index < -0.39 is 4.92 Å². The number of amidine groups is 1. The second kappa shape index (κ2) is 6.64. The van der Waals surface area contributed by atoms with Crippen molar-refractivity contribution >= 4 is 28.8 Å². The highest BCUT2D eigenvalue weighted by Crippen LogP contribution is 2.11. The van der Waals surface area contributed by atoms with Crippen LogP contribution >= 0.6 is 11.8 Å². The van der Waals surface area contributed by atoms with E-state index in [1.54, 1.807) is 12.1 Å². The lowest BCUT2D eigenvalue weighted by Crippen LogP contribution is -2.05. The van der Waals surface area contributed by atoms with Gasteiger partial charge in [-0.2, -0.15) is 5.10 Å². The molecule has 1 rings (SSSR count). The van der Waals surface area contributed by atoms with E-state index in [0.29, 0.717) is 10.7 Å². The molecule has 0 fully saturated rings. The average molecular weight is 252 g/mol. The highest BCUT2D eigenvalue weighted by Gasteiger charge is 2.03. The van der Waals surface area contributed by atoms with Crippen molar-refractivity contribution in [1.29, 1.82) is 0 Å². The van der Waals surface area contributed by atoms with Crippen LogP contribution in [0.25, 0.3) is 0 Å². The van der Waals surface area contributed by atoms with E-state index >= 15 is 0 Å². The number of benzene rings is 1. The van der Waals surface area contributed by atoms with Crippen LogP contribution in [0, 0.1) is 10.1 Å². The number of hydrogen-bond donors (Lipinski definition) is 1. The zero-order valence-corrected chi connectivity index (χ0v) is 10.1. The first-order valence-electron chi connectivity index (χ1n) is 4.87. The van der Waals surface area contributed by atoms with E-state index in [1.807, 2.05) is 6.92 Å². The molecule has 0 amide bonds. The van der Waals surface area contributed by atoms with Gasteiger partial charge in [0.2, 0.25) is 0 Å². The largest absolute Gasteiger partial charge is 0.377 e. The first-order valence-corrected chi connectivity index (χ1v) is 5.85. The Labute approximate surface area is 103 Å². The monoisotopic (exact) mass is 252 g/mol. The topological polar surface area (TPSA) is 93.9 Å². The van der Waals surface area contributed by atoms with E-state index in [4.69, 9.17) is 5.73 Å². The van der Waals surface area contributed by atoms with Gasteiger partial charge in [0.15, 0.2) is 5.17 Å². The first kappa shape index (κ1) is 13.2. The van der Waals surface area contributed by atoms with Crippen LogP contribution in [0.15, 0.2) is 34.5 Å². The molecule has 0 saturated carbocycles. The molecule has 0 atom stereocenters. The lowest BCUT2D eigenvalue weighted by atomic mass is 10.2. The molecular formula is C10H12N4O2S. The molecule has 1 aromatic carbocycles. The third-order valence-corrected chi connectivity index (χ3v) is 2.40. The molecule has 6 nitrogen and oxygen atoms in total. The number of non-ortho nitro benzene ring substituents is 1. The molecule has 0 aliphatic carbocycles. The van der Waals surface area contributed by atoms with E-state index in [9.17, 15) is 10.1 Å². The van der Waals surface area contributed by atoms with Crippen molar-refractivity contribution in [2.45, 2.75) is 6.92 Å². The van der Waals surface area contributed by atoms with Gasteiger partial charge in [-0.15, -0.1) is 5.10 Å². The molecule has 17 heavy (non-hydrogen) atoms. The molecule has 0 bridgehead atoms. The summed E-state index contributed by atoms with van der Waals surface area (Å²) < 4.78 is 0. The van der Waals surface area contributed by atoms with Crippen LogP contribution in [0.5, 0.6) is 0 Å². The van der Waals surface area contributed by atoms with Gasteiger partial charge in [0.1, 0.15) is 0 Å². The molecule has 0 aliphatic rings. The van der Waals surface area contributed by atoms with Gasteiger partial charge in [0, 0.05) is 17.7 Å². The predicted molar refractivity (Wildman–Crippen MR) is 70.4 cm³/mol. The van der Waals surface area contributed by atoms with Crippen LogP contribution in [0.2, 0.25) is 0 Å². The average Bonchev–Trinajstić information content (AvgIpc) is 2.30. The van der Waals surface area contributed by atoms with Crippen LogP contribution in [-0.4, -0.2) is 22.1 Å². The third-order valence-electron chi connectivity index (χ3n) is 1.74. The summed E-state index contributed by atoms with van der Waals surface area (Å²) in [6, 6.07) is 6.13. The Kier molecular flexibility index (Phi) is 5.15. The lowest BCUT2D eigenvalue weighted by Gasteiger charge is -1.93. The fourth-order valence-electron chi connectivity index (χ4n) is 1.05. The van der Waals surface area contributed by atoms with Crippen molar-refractivity contribution < 1.29 is 4.92 Å². The summed E-state index contributed by atoms with van der Waals surface area (Å²) >= 11 is 1.38. The molecule has 0 heterocycles. The molecule has 0 radical (unpaired) electrons. The Balaban J connectivity index is 2.75. The van der Waals surface area contributed by atoms with Crippen molar-refractivity contribution in [1.82, 2.24) is 0 Å². The number of nitrogens with two attached hydrogens (primary N) is 1. The SMILES string of the molecule is CCS/C(N)=N/N=C/c1cccc([N+](=O)[O-])c1. The summed E-state index contributed by atoms with van der Waals surface area (Å²) in [6.45, 7) is 1.96. The number of hydrogen-bond acceptors (Lipinski definition) is 5. The zero-order chi connectivity index (χ0) is 12.7. The molecule has 90 valence electrons. The van der Waals surface area contributed by atoms with Crippen LogP contribution in [-0.2, 0) is 0 Å². The molecule has 2 N–H and O–H groups in total. The zero-order valence-electron chi connectivity index (χ0n) is 9.24. The maximum atomic E-state index is 10.5. The van der Waals surface area contributed by atoms with Gasteiger partial charge < -0.3 is 5.73 Å². The molecule has 1 aromatic rings. The lowest BCUT2D eigenvalue weighted by molar-refractivity contribution is -0.384. The van der Waals surface area contributed by atoms with Crippen molar-refractivity contribution in [3.8, 4) is 0 Å². The summed E-state index contributed by atoms with van der Waals surface area (Å²) in [5, 5.41) is 18.4. The molecular weight excluding hydrogens is 240 g/mol. The normalized spacial score (nSPS) is 11.9. The summed E-state index contributed by atoms with van der Waals surface area (Å²) in [5.74, 6) is 0.821. The summed E-state index contributed by atoms with van der Waals surface area (Å²) in [5.41, 5.74) is 6.15. The standard InChI is InChI=1S/C10H12N4O2S/c1-2-17-10(11)13-12-7-8-4-3-5-9(6-8)14(15)16/h3-7H,2H2,1H3,(H2,11,13)/b12-7+. The molecule has 0 aromatic heterocycles. The highest BCUT2D eigenvalue weighted by molar-refractivity contribution is 8.13. The number of nitrogens with zero attached hydrogens (tertiary/aromatic N) is 3. The third kappa shape index (κ3) is 4.64. The van der Waals surface area contributed by atoms with Crippen molar-refractivity contribution in [3.05, 3.63) is 39.9 Å². The van der Waals surface area contributed by atoms with E-state index in [-0.39, 0.29) is 5.69 Å². The van der Waals surface area contributed by atoms with E-state index in [1.165, 1.54) is 30.1 Å². The van der Waals surface area contributed by atoms with Crippen LogP contribution in [0.3, 0.4) is 0 Å². The minimum atomic E-state index is -0.456. The van der Waals surface area contributed by atoms with Gasteiger partial charge in [0.25, 0.3) is 5.69 Å². The van der Waals surface area contributed by atoms with Gasteiger partial charge in [-0.05, 0) is 5.75 Å². The Morgan fingerprint density at radius 1 is 1.65 bits per heavy atom. The summed E-state index contributed by atoms with van der Waals surface area (Å²) in [7, 11) is 0. The van der Waals surface area contributed by atoms with Gasteiger partial charge in [-0.25, -0.2) is 0 Å². The van der Waals surface area contributed by atoms with Crippen molar-refractivity contribution in [2.75, 3.05) is 5.75 Å². The van der Waals surface area contributed by atoms with Crippen LogP contribution < -0.4 is 5.73 Å². The molecule has 0 aliphatic heterocycles. The quantitative estimate of drug-likeness (QED) is 0.384. The second-order valence-electron chi connectivity index (χ2n) is 2.97. The first-order chi connectivity index (χ1) is 8.13. The maximum Gasteiger partial charge on any atom is 0.270 e. The van der Waals surface area contributed by atoms with E-state index in [2.05, 4.69) is 10.2 Å². The fourth-order valence-corrected chi connectivity index (χ4v) is 1.45. The number of nitro groups is 1. The van der Waals surface area contributed by atoms with Gasteiger partial charge >= 0.3 is 0 Å².